The molecule has 1 aromatic carbocycles. The van der Waals surface area contributed by atoms with E-state index < -0.39 is 10.0 Å². The third kappa shape index (κ3) is 3.06. The highest BCUT2D eigenvalue weighted by Crippen LogP contribution is 2.16. The molecule has 0 bridgehead atoms. The molecule has 90 valence electrons. The van der Waals surface area contributed by atoms with Gasteiger partial charge >= 0.3 is 0 Å². The van der Waals surface area contributed by atoms with Gasteiger partial charge in [-0.2, -0.15) is 0 Å². The van der Waals surface area contributed by atoms with Gasteiger partial charge in [0.1, 0.15) is 0 Å². The molecule has 3 nitrogen and oxygen atoms in total. The summed E-state index contributed by atoms with van der Waals surface area (Å²) in [4.78, 5) is 0.374. The minimum absolute atomic E-state index is 0.0364. The molecular formula is C12H19NO2S. The second-order valence-electron chi connectivity index (χ2n) is 4.20. The second kappa shape index (κ2) is 4.97. The first-order valence-corrected chi connectivity index (χ1v) is 6.94. The lowest BCUT2D eigenvalue weighted by Gasteiger charge is -2.13. The van der Waals surface area contributed by atoms with Crippen LogP contribution in [0.4, 0.5) is 0 Å². The molecule has 0 amide bonds. The van der Waals surface area contributed by atoms with E-state index in [9.17, 15) is 8.42 Å². The lowest BCUT2D eigenvalue weighted by molar-refractivity contribution is 0.555. The predicted octanol–water partition coefficient (Wildman–Crippen LogP) is 2.38. The number of hydrogen-bond acceptors (Lipinski definition) is 2. The molecule has 0 saturated heterocycles. The smallest absolute Gasteiger partial charge is 0.208 e. The van der Waals surface area contributed by atoms with Gasteiger partial charge in [-0.05, 0) is 38.8 Å². The second-order valence-corrected chi connectivity index (χ2v) is 5.88. The summed E-state index contributed by atoms with van der Waals surface area (Å²) in [7, 11) is -3.37. The Balaban J connectivity index is 3.08. The van der Waals surface area contributed by atoms with Gasteiger partial charge in [0.25, 0.3) is 0 Å². The third-order valence-corrected chi connectivity index (χ3v) is 4.34. The average molecular weight is 241 g/mol. The van der Waals surface area contributed by atoms with Crippen LogP contribution in [0.25, 0.3) is 0 Å². The maximum absolute atomic E-state index is 12.0. The number of aryl methyl sites for hydroxylation is 2. The van der Waals surface area contributed by atoms with Crippen LogP contribution >= 0.6 is 0 Å². The van der Waals surface area contributed by atoms with E-state index in [2.05, 4.69) is 4.72 Å². The number of hydrogen-bond donors (Lipinski definition) is 1. The molecule has 1 N–H and O–H groups in total. The molecular weight excluding hydrogens is 222 g/mol. The monoisotopic (exact) mass is 241 g/mol. The molecule has 4 heteroatoms. The lowest BCUT2D eigenvalue weighted by Crippen LogP contribution is -2.32. The molecule has 0 fully saturated rings. The van der Waals surface area contributed by atoms with Crippen LogP contribution in [0.3, 0.4) is 0 Å². The summed E-state index contributed by atoms with van der Waals surface area (Å²) in [6.07, 6.45) is 0.782. The van der Waals surface area contributed by atoms with Gasteiger partial charge in [-0.25, -0.2) is 13.1 Å². The average Bonchev–Trinajstić information content (AvgIpc) is 2.16. The van der Waals surface area contributed by atoms with Crippen molar-refractivity contribution in [1.82, 2.24) is 4.72 Å². The Morgan fingerprint density at radius 3 is 2.44 bits per heavy atom. The van der Waals surface area contributed by atoms with Crippen LogP contribution in [0.5, 0.6) is 0 Å². The van der Waals surface area contributed by atoms with Crippen LogP contribution in [-0.2, 0) is 10.0 Å². The zero-order valence-corrected chi connectivity index (χ0v) is 11.1. The van der Waals surface area contributed by atoms with Crippen LogP contribution in [0.1, 0.15) is 31.4 Å². The summed E-state index contributed by atoms with van der Waals surface area (Å²) in [6.45, 7) is 7.58. The zero-order chi connectivity index (χ0) is 12.3. The summed E-state index contributed by atoms with van der Waals surface area (Å²) >= 11 is 0. The number of benzene rings is 1. The predicted molar refractivity (Wildman–Crippen MR) is 66.0 cm³/mol. The molecule has 0 aliphatic carbocycles. The van der Waals surface area contributed by atoms with E-state index in [1.165, 1.54) is 0 Å². The molecule has 0 unspecified atom stereocenters. The molecule has 0 aliphatic rings. The highest BCUT2D eigenvalue weighted by molar-refractivity contribution is 7.89. The van der Waals surface area contributed by atoms with Crippen molar-refractivity contribution in [2.24, 2.45) is 0 Å². The fourth-order valence-corrected chi connectivity index (χ4v) is 3.07. The van der Waals surface area contributed by atoms with E-state index in [4.69, 9.17) is 0 Å². The van der Waals surface area contributed by atoms with Gasteiger partial charge in [-0.15, -0.1) is 0 Å². The van der Waals surface area contributed by atoms with E-state index in [-0.39, 0.29) is 6.04 Å². The molecule has 0 heterocycles. The Morgan fingerprint density at radius 2 is 1.94 bits per heavy atom. The quantitative estimate of drug-likeness (QED) is 0.879. The first-order valence-electron chi connectivity index (χ1n) is 5.46. The molecule has 1 atom stereocenters. The van der Waals surface area contributed by atoms with Crippen molar-refractivity contribution in [1.29, 1.82) is 0 Å². The molecule has 16 heavy (non-hydrogen) atoms. The van der Waals surface area contributed by atoms with Gasteiger partial charge in [0.2, 0.25) is 10.0 Å². The van der Waals surface area contributed by atoms with Gasteiger partial charge in [0.15, 0.2) is 0 Å². The topological polar surface area (TPSA) is 46.2 Å². The Morgan fingerprint density at radius 1 is 1.31 bits per heavy atom. The van der Waals surface area contributed by atoms with Crippen molar-refractivity contribution in [3.05, 3.63) is 29.3 Å². The van der Waals surface area contributed by atoms with Gasteiger partial charge in [-0.3, -0.25) is 0 Å². The van der Waals surface area contributed by atoms with Crippen molar-refractivity contribution in [2.75, 3.05) is 0 Å². The first kappa shape index (κ1) is 13.2. The van der Waals surface area contributed by atoms with Crippen molar-refractivity contribution in [3.8, 4) is 0 Å². The minimum atomic E-state index is -3.37. The zero-order valence-electron chi connectivity index (χ0n) is 10.2. The van der Waals surface area contributed by atoms with E-state index in [0.717, 1.165) is 17.5 Å². The summed E-state index contributed by atoms with van der Waals surface area (Å²) in [6, 6.07) is 5.32. The SMILES string of the molecule is CC[C@@H](C)NS(=O)(=O)c1ccc(C)cc1C. The van der Waals surface area contributed by atoms with Gasteiger partial charge < -0.3 is 0 Å². The van der Waals surface area contributed by atoms with E-state index in [1.807, 2.05) is 39.8 Å². The van der Waals surface area contributed by atoms with Crippen LogP contribution in [-0.4, -0.2) is 14.5 Å². The summed E-state index contributed by atoms with van der Waals surface area (Å²) in [5.74, 6) is 0. The molecule has 1 aromatic rings. The van der Waals surface area contributed by atoms with Crippen molar-refractivity contribution >= 4 is 10.0 Å². The molecule has 0 radical (unpaired) electrons. The van der Waals surface area contributed by atoms with E-state index in [0.29, 0.717) is 4.90 Å². The van der Waals surface area contributed by atoms with Gasteiger partial charge in [0, 0.05) is 6.04 Å². The fourth-order valence-electron chi connectivity index (χ4n) is 1.51. The number of nitrogens with one attached hydrogen (secondary N) is 1. The maximum Gasteiger partial charge on any atom is 0.241 e. The summed E-state index contributed by atoms with van der Waals surface area (Å²) in [5, 5.41) is 0. The first-order chi connectivity index (χ1) is 7.36. The maximum atomic E-state index is 12.0. The fraction of sp³-hybridized carbons (Fsp3) is 0.500. The Kier molecular flexibility index (Phi) is 4.10. The summed E-state index contributed by atoms with van der Waals surface area (Å²) in [5.41, 5.74) is 1.86. The van der Waals surface area contributed by atoms with Crippen LogP contribution < -0.4 is 4.72 Å². The van der Waals surface area contributed by atoms with E-state index >= 15 is 0 Å². The Bertz CT molecular complexity index is 466. The normalized spacial score (nSPS) is 13.8. The molecule has 0 saturated carbocycles. The van der Waals surface area contributed by atoms with Gasteiger partial charge in [-0.1, -0.05) is 24.6 Å². The van der Waals surface area contributed by atoms with Crippen molar-refractivity contribution in [2.45, 2.75) is 45.1 Å². The molecule has 0 aliphatic heterocycles. The van der Waals surface area contributed by atoms with Crippen LogP contribution in [0.15, 0.2) is 23.1 Å². The van der Waals surface area contributed by atoms with Gasteiger partial charge in [0.05, 0.1) is 4.90 Å². The number of rotatable bonds is 4. The minimum Gasteiger partial charge on any atom is -0.208 e. The van der Waals surface area contributed by atoms with E-state index in [1.54, 1.807) is 6.07 Å². The summed E-state index contributed by atoms with van der Waals surface area (Å²) < 4.78 is 26.7. The largest absolute Gasteiger partial charge is 0.241 e. The Labute approximate surface area is 97.9 Å². The van der Waals surface area contributed by atoms with Crippen LogP contribution in [0, 0.1) is 13.8 Å². The third-order valence-electron chi connectivity index (χ3n) is 2.59. The Hall–Kier alpha value is -0.870. The molecule has 1 rings (SSSR count). The highest BCUT2D eigenvalue weighted by Gasteiger charge is 2.18. The van der Waals surface area contributed by atoms with Crippen molar-refractivity contribution in [3.63, 3.8) is 0 Å². The standard InChI is InChI=1S/C12H19NO2S/c1-5-11(4)13-16(14,15)12-7-6-9(2)8-10(12)3/h6-8,11,13H,5H2,1-4H3/t11-/m1/s1. The molecule has 0 spiro atoms. The lowest BCUT2D eigenvalue weighted by atomic mass is 10.2. The van der Waals surface area contributed by atoms with Crippen LogP contribution in [0.2, 0.25) is 0 Å². The number of sulfonamides is 1. The highest BCUT2D eigenvalue weighted by atomic mass is 32.2. The molecule has 0 aromatic heterocycles. The van der Waals surface area contributed by atoms with Crippen molar-refractivity contribution < 1.29 is 8.42 Å².